The third kappa shape index (κ3) is 2.45. The summed E-state index contributed by atoms with van der Waals surface area (Å²) in [5.74, 6) is -1.94. The molecule has 0 saturated carbocycles. The summed E-state index contributed by atoms with van der Waals surface area (Å²) >= 11 is 0. The molecule has 21 heavy (non-hydrogen) atoms. The summed E-state index contributed by atoms with van der Waals surface area (Å²) in [6.45, 7) is 0. The van der Waals surface area contributed by atoms with Crippen LogP contribution in [0, 0.1) is 17.1 Å². The summed E-state index contributed by atoms with van der Waals surface area (Å²) in [6, 6.07) is 13.4. The molecule has 0 heterocycles. The molecular weight excluding hydrogens is 265 g/mol. The molecule has 0 radical (unpaired) electrons. The van der Waals surface area contributed by atoms with Crippen molar-refractivity contribution >= 4 is 5.78 Å². The van der Waals surface area contributed by atoms with Gasteiger partial charge in [-0.2, -0.15) is 5.26 Å². The number of nitriles is 1. The Labute approximate surface area is 122 Å². The zero-order valence-corrected chi connectivity index (χ0v) is 11.5. The standard InChI is InChI=1S/C18H14FNO/c19-17-7-2-1-6-15(17)16(11-20)18(21)14-9-8-12-4-3-5-13(12)10-14/h1-2,6-10,16H,3-5H2. The first-order valence-electron chi connectivity index (χ1n) is 7.01. The lowest BCUT2D eigenvalue weighted by atomic mass is 9.90. The summed E-state index contributed by atoms with van der Waals surface area (Å²) in [5.41, 5.74) is 3.08. The van der Waals surface area contributed by atoms with E-state index in [1.54, 1.807) is 18.2 Å². The second-order valence-corrected chi connectivity index (χ2v) is 5.28. The minimum atomic E-state index is -1.09. The van der Waals surface area contributed by atoms with Gasteiger partial charge in [-0.15, -0.1) is 0 Å². The number of ketones is 1. The van der Waals surface area contributed by atoms with Gasteiger partial charge in [0, 0.05) is 11.1 Å². The van der Waals surface area contributed by atoms with Crippen molar-refractivity contribution in [2.45, 2.75) is 25.2 Å². The molecule has 0 amide bonds. The fraction of sp³-hybridized carbons (Fsp3) is 0.222. The SMILES string of the molecule is N#CC(C(=O)c1ccc2c(c1)CCC2)c1ccccc1F. The van der Waals surface area contributed by atoms with Crippen LogP contribution in [-0.4, -0.2) is 5.78 Å². The summed E-state index contributed by atoms with van der Waals surface area (Å²) in [7, 11) is 0. The molecular formula is C18H14FNO. The predicted octanol–water partition coefficient (Wildman–Crippen LogP) is 3.80. The van der Waals surface area contributed by atoms with Crippen LogP contribution < -0.4 is 0 Å². The summed E-state index contributed by atoms with van der Waals surface area (Å²) in [6.07, 6.45) is 3.11. The summed E-state index contributed by atoms with van der Waals surface area (Å²) < 4.78 is 13.8. The van der Waals surface area contributed by atoms with Crippen molar-refractivity contribution in [3.63, 3.8) is 0 Å². The van der Waals surface area contributed by atoms with Crippen LogP contribution in [-0.2, 0) is 12.8 Å². The molecule has 0 aromatic heterocycles. The van der Waals surface area contributed by atoms with Gasteiger partial charge < -0.3 is 0 Å². The van der Waals surface area contributed by atoms with Crippen LogP contribution in [0.15, 0.2) is 42.5 Å². The van der Waals surface area contributed by atoms with Gasteiger partial charge in [0.2, 0.25) is 0 Å². The van der Waals surface area contributed by atoms with E-state index >= 15 is 0 Å². The largest absolute Gasteiger partial charge is 0.292 e. The molecule has 0 fully saturated rings. The molecule has 1 aliphatic carbocycles. The maximum absolute atomic E-state index is 13.8. The Hall–Kier alpha value is -2.47. The molecule has 0 saturated heterocycles. The number of fused-ring (bicyclic) bond motifs is 1. The average Bonchev–Trinajstić information content (AvgIpc) is 2.97. The Morgan fingerprint density at radius 1 is 1.14 bits per heavy atom. The van der Waals surface area contributed by atoms with E-state index in [9.17, 15) is 14.4 Å². The quantitative estimate of drug-likeness (QED) is 0.802. The Morgan fingerprint density at radius 3 is 2.67 bits per heavy atom. The first kappa shape index (κ1) is 13.5. The topological polar surface area (TPSA) is 40.9 Å². The highest BCUT2D eigenvalue weighted by Crippen LogP contribution is 2.27. The number of nitrogens with zero attached hydrogens (tertiary/aromatic N) is 1. The average molecular weight is 279 g/mol. The highest BCUT2D eigenvalue weighted by atomic mass is 19.1. The lowest BCUT2D eigenvalue weighted by Gasteiger charge is -2.10. The number of hydrogen-bond donors (Lipinski definition) is 0. The van der Waals surface area contributed by atoms with Crippen LogP contribution >= 0.6 is 0 Å². The van der Waals surface area contributed by atoms with Crippen LogP contribution in [0.2, 0.25) is 0 Å². The Bertz CT molecular complexity index is 745. The zero-order valence-electron chi connectivity index (χ0n) is 11.5. The molecule has 3 rings (SSSR count). The van der Waals surface area contributed by atoms with Gasteiger partial charge in [-0.25, -0.2) is 4.39 Å². The number of Topliss-reactive ketones (excluding diaryl/α,β-unsaturated/α-hetero) is 1. The van der Waals surface area contributed by atoms with Gasteiger partial charge in [-0.1, -0.05) is 30.3 Å². The van der Waals surface area contributed by atoms with Crippen molar-refractivity contribution in [2.75, 3.05) is 0 Å². The Balaban J connectivity index is 1.97. The number of hydrogen-bond acceptors (Lipinski definition) is 2. The second kappa shape index (κ2) is 5.49. The van der Waals surface area contributed by atoms with Crippen molar-refractivity contribution < 1.29 is 9.18 Å². The fourth-order valence-corrected chi connectivity index (χ4v) is 2.87. The van der Waals surface area contributed by atoms with Crippen LogP contribution in [0.1, 0.15) is 39.4 Å². The van der Waals surface area contributed by atoms with Gasteiger partial charge in [-0.05, 0) is 42.5 Å². The minimum absolute atomic E-state index is 0.144. The Morgan fingerprint density at radius 2 is 1.90 bits per heavy atom. The molecule has 0 N–H and O–H groups in total. The van der Waals surface area contributed by atoms with Crippen molar-refractivity contribution in [1.82, 2.24) is 0 Å². The predicted molar refractivity (Wildman–Crippen MR) is 77.6 cm³/mol. The molecule has 2 aromatic carbocycles. The third-order valence-corrected chi connectivity index (χ3v) is 3.99. The molecule has 1 unspecified atom stereocenters. The fourth-order valence-electron chi connectivity index (χ4n) is 2.87. The highest BCUT2D eigenvalue weighted by Gasteiger charge is 2.25. The van der Waals surface area contributed by atoms with Gasteiger partial charge >= 0.3 is 0 Å². The van der Waals surface area contributed by atoms with E-state index in [0.29, 0.717) is 5.56 Å². The van der Waals surface area contributed by atoms with E-state index in [0.717, 1.165) is 19.3 Å². The smallest absolute Gasteiger partial charge is 0.184 e. The number of carbonyl (C=O) groups is 1. The molecule has 0 aliphatic heterocycles. The van der Waals surface area contributed by atoms with Crippen LogP contribution in [0.5, 0.6) is 0 Å². The first-order chi connectivity index (χ1) is 10.2. The van der Waals surface area contributed by atoms with Crippen molar-refractivity contribution in [3.05, 3.63) is 70.5 Å². The van der Waals surface area contributed by atoms with Crippen LogP contribution in [0.3, 0.4) is 0 Å². The zero-order chi connectivity index (χ0) is 14.8. The van der Waals surface area contributed by atoms with E-state index in [-0.39, 0.29) is 11.3 Å². The molecule has 104 valence electrons. The van der Waals surface area contributed by atoms with Gasteiger partial charge in [0.15, 0.2) is 5.78 Å². The maximum Gasteiger partial charge on any atom is 0.184 e. The van der Waals surface area contributed by atoms with Crippen molar-refractivity contribution in [1.29, 1.82) is 5.26 Å². The normalized spacial score (nSPS) is 14.3. The van der Waals surface area contributed by atoms with E-state index < -0.39 is 11.7 Å². The highest BCUT2D eigenvalue weighted by molar-refractivity contribution is 6.03. The molecule has 1 atom stereocenters. The Kier molecular flexibility index (Phi) is 3.53. The molecule has 0 bridgehead atoms. The number of rotatable bonds is 3. The van der Waals surface area contributed by atoms with Gasteiger partial charge in [0.25, 0.3) is 0 Å². The van der Waals surface area contributed by atoms with E-state index in [1.807, 2.05) is 18.2 Å². The summed E-state index contributed by atoms with van der Waals surface area (Å²) in [4.78, 5) is 12.5. The van der Waals surface area contributed by atoms with Crippen LogP contribution in [0.25, 0.3) is 0 Å². The number of aryl methyl sites for hydroxylation is 2. The van der Waals surface area contributed by atoms with Crippen LogP contribution in [0.4, 0.5) is 4.39 Å². The third-order valence-electron chi connectivity index (χ3n) is 3.99. The number of benzene rings is 2. The van der Waals surface area contributed by atoms with Gasteiger partial charge in [0.05, 0.1) is 6.07 Å². The first-order valence-corrected chi connectivity index (χ1v) is 7.01. The molecule has 3 heteroatoms. The molecule has 1 aliphatic rings. The molecule has 2 nitrogen and oxygen atoms in total. The number of halogens is 1. The van der Waals surface area contributed by atoms with E-state index in [1.165, 1.54) is 23.3 Å². The van der Waals surface area contributed by atoms with E-state index in [4.69, 9.17) is 0 Å². The second-order valence-electron chi connectivity index (χ2n) is 5.28. The maximum atomic E-state index is 13.8. The van der Waals surface area contributed by atoms with Gasteiger partial charge in [0.1, 0.15) is 11.7 Å². The van der Waals surface area contributed by atoms with Gasteiger partial charge in [-0.3, -0.25) is 4.79 Å². The monoisotopic (exact) mass is 279 g/mol. The van der Waals surface area contributed by atoms with Crippen molar-refractivity contribution in [3.8, 4) is 6.07 Å². The summed E-state index contributed by atoms with van der Waals surface area (Å²) in [5, 5.41) is 9.29. The minimum Gasteiger partial charge on any atom is -0.292 e. The molecule has 0 spiro atoms. The lowest BCUT2D eigenvalue weighted by molar-refractivity contribution is 0.0977. The van der Waals surface area contributed by atoms with Crippen molar-refractivity contribution in [2.24, 2.45) is 0 Å². The lowest BCUT2D eigenvalue weighted by Crippen LogP contribution is -2.13. The molecule has 2 aromatic rings. The van der Waals surface area contributed by atoms with E-state index in [2.05, 4.69) is 0 Å². The number of carbonyl (C=O) groups excluding carboxylic acids is 1.